The van der Waals surface area contributed by atoms with Crippen molar-refractivity contribution in [2.75, 3.05) is 0 Å². The highest BCUT2D eigenvalue weighted by molar-refractivity contribution is 5.21. The lowest BCUT2D eigenvalue weighted by atomic mass is 9.67. The van der Waals surface area contributed by atoms with E-state index in [2.05, 4.69) is 39.8 Å². The highest BCUT2D eigenvalue weighted by atomic mass is 16.3. The second kappa shape index (κ2) is 4.03. The Hall–Kier alpha value is -0.560. The van der Waals surface area contributed by atoms with Crippen molar-refractivity contribution in [1.29, 1.82) is 0 Å². The van der Waals surface area contributed by atoms with E-state index in [1.807, 2.05) is 6.08 Å². The van der Waals surface area contributed by atoms with Crippen LogP contribution in [0.2, 0.25) is 0 Å². The van der Waals surface area contributed by atoms with Crippen LogP contribution in [-0.2, 0) is 0 Å². The Morgan fingerprint density at radius 3 is 2.50 bits per heavy atom. The van der Waals surface area contributed by atoms with Gasteiger partial charge in [0.15, 0.2) is 0 Å². The van der Waals surface area contributed by atoms with Crippen LogP contribution in [0.4, 0.5) is 0 Å². The van der Waals surface area contributed by atoms with Crippen molar-refractivity contribution in [3.63, 3.8) is 0 Å². The van der Waals surface area contributed by atoms with Crippen LogP contribution in [0.25, 0.3) is 0 Å². The zero-order chi connectivity index (χ0) is 11.9. The topological polar surface area (TPSA) is 20.2 Å². The monoisotopic (exact) mass is 220 g/mol. The Labute approximate surface area is 99.3 Å². The molecule has 2 aliphatic carbocycles. The van der Waals surface area contributed by atoms with Crippen molar-refractivity contribution < 1.29 is 5.11 Å². The van der Waals surface area contributed by atoms with E-state index < -0.39 is 0 Å². The quantitative estimate of drug-likeness (QED) is 0.670. The Kier molecular flexibility index (Phi) is 3.00. The fourth-order valence-electron chi connectivity index (χ4n) is 3.26. The molecule has 0 saturated carbocycles. The number of rotatable bonds is 1. The van der Waals surface area contributed by atoms with E-state index >= 15 is 0 Å². The predicted octanol–water partition coefficient (Wildman–Crippen LogP) is 3.55. The number of aliphatic hydroxyl groups is 1. The summed E-state index contributed by atoms with van der Waals surface area (Å²) >= 11 is 0. The van der Waals surface area contributed by atoms with Crippen LogP contribution in [0.15, 0.2) is 23.8 Å². The first-order chi connectivity index (χ1) is 7.43. The van der Waals surface area contributed by atoms with Gasteiger partial charge < -0.3 is 5.11 Å². The highest BCUT2D eigenvalue weighted by Gasteiger charge is 2.40. The largest absolute Gasteiger partial charge is 0.389 e. The summed E-state index contributed by atoms with van der Waals surface area (Å²) in [5, 5.41) is 9.72. The summed E-state index contributed by atoms with van der Waals surface area (Å²) in [7, 11) is 0. The van der Waals surface area contributed by atoms with Crippen molar-refractivity contribution in [1.82, 2.24) is 0 Å². The molecular weight excluding hydrogens is 196 g/mol. The van der Waals surface area contributed by atoms with E-state index in [4.69, 9.17) is 0 Å². The molecule has 0 fully saturated rings. The summed E-state index contributed by atoms with van der Waals surface area (Å²) in [5.74, 6) is 1.77. The van der Waals surface area contributed by atoms with E-state index in [-0.39, 0.29) is 6.10 Å². The van der Waals surface area contributed by atoms with Crippen molar-refractivity contribution >= 4 is 0 Å². The summed E-state index contributed by atoms with van der Waals surface area (Å²) in [4.78, 5) is 0. The molecule has 1 N–H and O–H groups in total. The molecule has 0 amide bonds. The third-order valence-corrected chi connectivity index (χ3v) is 4.92. The maximum Gasteiger partial charge on any atom is 0.0746 e. The van der Waals surface area contributed by atoms with E-state index in [0.29, 0.717) is 17.3 Å². The second-order valence-corrected chi connectivity index (χ2v) is 6.20. The summed E-state index contributed by atoms with van der Waals surface area (Å²) in [5.41, 5.74) is 1.86. The molecular formula is C15H24O. The molecule has 1 nitrogen and oxygen atoms in total. The first-order valence-corrected chi connectivity index (χ1v) is 6.46. The Bertz CT molecular complexity index is 324. The van der Waals surface area contributed by atoms with Crippen LogP contribution in [0.3, 0.4) is 0 Å². The molecule has 0 aromatic heterocycles. The normalized spacial score (nSPS) is 42.2. The fraction of sp³-hybridized carbons (Fsp3) is 0.733. The van der Waals surface area contributed by atoms with Gasteiger partial charge in [0.25, 0.3) is 0 Å². The third-order valence-electron chi connectivity index (χ3n) is 4.92. The lowest BCUT2D eigenvalue weighted by Crippen LogP contribution is -2.32. The standard InChI is InChI=1S/C15H24O/c1-10-9-12(6-8-14(10)16)13-7-5-11(2)15(13,3)4/h5-6,8,10,12-14,16H,7,9H2,1-4H3/t10-,12-,13-,14+/m0/s1. The maximum absolute atomic E-state index is 9.72. The number of allylic oxidation sites excluding steroid dienone is 3. The zero-order valence-electron chi connectivity index (χ0n) is 10.9. The molecule has 0 bridgehead atoms. The molecule has 0 unspecified atom stereocenters. The van der Waals surface area contributed by atoms with Crippen LogP contribution in [-0.4, -0.2) is 11.2 Å². The lowest BCUT2D eigenvalue weighted by molar-refractivity contribution is 0.112. The molecule has 0 spiro atoms. The first-order valence-electron chi connectivity index (χ1n) is 6.46. The highest BCUT2D eigenvalue weighted by Crippen LogP contribution is 2.49. The van der Waals surface area contributed by atoms with Crippen molar-refractivity contribution in [2.45, 2.75) is 46.6 Å². The Morgan fingerprint density at radius 1 is 1.31 bits per heavy atom. The van der Waals surface area contributed by atoms with Crippen LogP contribution in [0, 0.1) is 23.2 Å². The minimum Gasteiger partial charge on any atom is -0.389 e. The second-order valence-electron chi connectivity index (χ2n) is 6.20. The van der Waals surface area contributed by atoms with Gasteiger partial charge in [0, 0.05) is 0 Å². The third kappa shape index (κ3) is 1.86. The minimum atomic E-state index is -0.227. The molecule has 2 aliphatic rings. The van der Waals surface area contributed by atoms with Gasteiger partial charge in [-0.15, -0.1) is 0 Å². The molecule has 4 atom stereocenters. The molecule has 0 radical (unpaired) electrons. The fourth-order valence-corrected chi connectivity index (χ4v) is 3.26. The average Bonchev–Trinajstić information content (AvgIpc) is 2.47. The average molecular weight is 220 g/mol. The molecule has 2 rings (SSSR count). The van der Waals surface area contributed by atoms with Gasteiger partial charge >= 0.3 is 0 Å². The molecule has 0 aliphatic heterocycles. The van der Waals surface area contributed by atoms with Gasteiger partial charge in [0.1, 0.15) is 0 Å². The maximum atomic E-state index is 9.72. The SMILES string of the molecule is CC1=CC[C@@H]([C@H]2C=C[C@@H](O)[C@@H](C)C2)C1(C)C. The van der Waals surface area contributed by atoms with E-state index in [9.17, 15) is 5.11 Å². The van der Waals surface area contributed by atoms with Gasteiger partial charge in [-0.2, -0.15) is 0 Å². The van der Waals surface area contributed by atoms with E-state index in [1.54, 1.807) is 0 Å². The van der Waals surface area contributed by atoms with Gasteiger partial charge in [-0.05, 0) is 42.9 Å². The van der Waals surface area contributed by atoms with Gasteiger partial charge in [0.2, 0.25) is 0 Å². The van der Waals surface area contributed by atoms with Crippen molar-refractivity contribution in [2.24, 2.45) is 23.2 Å². The number of hydrogen-bond donors (Lipinski definition) is 1. The smallest absolute Gasteiger partial charge is 0.0746 e. The Morgan fingerprint density at radius 2 is 2.00 bits per heavy atom. The molecule has 0 aromatic rings. The predicted molar refractivity (Wildman–Crippen MR) is 68.1 cm³/mol. The van der Waals surface area contributed by atoms with Crippen LogP contribution >= 0.6 is 0 Å². The molecule has 16 heavy (non-hydrogen) atoms. The zero-order valence-corrected chi connectivity index (χ0v) is 10.9. The summed E-state index contributed by atoms with van der Waals surface area (Å²) in [6.07, 6.45) is 8.76. The minimum absolute atomic E-state index is 0.227. The lowest BCUT2D eigenvalue weighted by Gasteiger charge is -2.38. The first kappa shape index (κ1) is 11.9. The van der Waals surface area contributed by atoms with Crippen LogP contribution in [0.5, 0.6) is 0 Å². The Balaban J connectivity index is 2.14. The molecule has 1 heteroatoms. The molecule has 90 valence electrons. The number of hydrogen-bond acceptors (Lipinski definition) is 1. The van der Waals surface area contributed by atoms with Gasteiger partial charge in [-0.25, -0.2) is 0 Å². The van der Waals surface area contributed by atoms with Crippen molar-refractivity contribution in [3.05, 3.63) is 23.8 Å². The van der Waals surface area contributed by atoms with E-state index in [1.165, 1.54) is 12.0 Å². The van der Waals surface area contributed by atoms with Crippen molar-refractivity contribution in [3.8, 4) is 0 Å². The molecule has 0 heterocycles. The van der Waals surface area contributed by atoms with Gasteiger partial charge in [0.05, 0.1) is 6.10 Å². The summed E-state index contributed by atoms with van der Waals surface area (Å²) < 4.78 is 0. The summed E-state index contributed by atoms with van der Waals surface area (Å²) in [6.45, 7) is 9.13. The van der Waals surface area contributed by atoms with Crippen LogP contribution in [0.1, 0.15) is 40.5 Å². The number of aliphatic hydroxyl groups excluding tert-OH is 1. The van der Waals surface area contributed by atoms with E-state index in [0.717, 1.165) is 12.3 Å². The van der Waals surface area contributed by atoms with Gasteiger partial charge in [-0.1, -0.05) is 44.6 Å². The molecule has 0 aromatic carbocycles. The summed E-state index contributed by atoms with van der Waals surface area (Å²) in [6, 6.07) is 0. The van der Waals surface area contributed by atoms with Crippen LogP contribution < -0.4 is 0 Å². The molecule has 0 saturated heterocycles. The van der Waals surface area contributed by atoms with Gasteiger partial charge in [-0.3, -0.25) is 0 Å².